The normalized spacial score (nSPS) is 15.8. The molecule has 1 amide bonds. The lowest BCUT2D eigenvalue weighted by atomic mass is 9.91. The summed E-state index contributed by atoms with van der Waals surface area (Å²) in [7, 11) is 0. The van der Waals surface area contributed by atoms with E-state index in [1.54, 1.807) is 18.4 Å². The van der Waals surface area contributed by atoms with E-state index in [-0.39, 0.29) is 17.6 Å². The molecule has 0 fully saturated rings. The van der Waals surface area contributed by atoms with E-state index >= 15 is 0 Å². The van der Waals surface area contributed by atoms with E-state index < -0.39 is 0 Å². The Labute approximate surface area is 186 Å². The Bertz CT molecular complexity index is 1090. The lowest BCUT2D eigenvalue weighted by Gasteiger charge is -2.24. The Morgan fingerprint density at radius 2 is 2.03 bits per heavy atom. The van der Waals surface area contributed by atoms with Crippen LogP contribution in [0.1, 0.15) is 30.5 Å². The van der Waals surface area contributed by atoms with Gasteiger partial charge in [0.2, 0.25) is 11.8 Å². The Balaban J connectivity index is 1.35. The van der Waals surface area contributed by atoms with Crippen molar-refractivity contribution in [1.82, 2.24) is 15.6 Å². The predicted molar refractivity (Wildman–Crippen MR) is 122 cm³/mol. The number of halogens is 1. The topological polar surface area (TPSA) is 91.5 Å². The molecular weight excluding hydrogens is 409 g/mol. The number of anilines is 1. The van der Waals surface area contributed by atoms with Crippen LogP contribution in [-0.4, -0.2) is 36.5 Å². The number of aliphatic imine (C=N–C) groups is 1. The highest BCUT2D eigenvalue weighted by molar-refractivity contribution is 5.94. The minimum Gasteiger partial charge on any atom is -0.444 e. The minimum absolute atomic E-state index is 0.0184. The largest absolute Gasteiger partial charge is 0.444 e. The number of hydrogen-bond acceptors (Lipinski definition) is 4. The van der Waals surface area contributed by atoms with Crippen LogP contribution in [0.25, 0.3) is 11.5 Å². The second kappa shape index (κ2) is 10.1. The molecule has 0 saturated carbocycles. The van der Waals surface area contributed by atoms with Crippen molar-refractivity contribution in [3.05, 3.63) is 71.9 Å². The average molecular weight is 436 g/mol. The van der Waals surface area contributed by atoms with Crippen molar-refractivity contribution in [3.8, 4) is 11.5 Å². The fraction of sp³-hybridized carbons (Fsp3) is 0.292. The van der Waals surface area contributed by atoms with Gasteiger partial charge in [-0.3, -0.25) is 9.79 Å². The molecule has 0 spiro atoms. The molecule has 1 aliphatic rings. The molecule has 2 aromatic carbocycles. The number of rotatable bonds is 7. The lowest BCUT2D eigenvalue weighted by Crippen LogP contribution is -2.39. The SMILES string of the molecule is CCNC(=NCC1CC(=O)Nc2ccccc21)NCCc1coc(-c2ccc(F)cc2)n1. The average Bonchev–Trinajstić information content (AvgIpc) is 3.26. The van der Waals surface area contributed by atoms with Gasteiger partial charge < -0.3 is 20.4 Å². The smallest absolute Gasteiger partial charge is 0.226 e. The minimum atomic E-state index is -0.294. The van der Waals surface area contributed by atoms with Gasteiger partial charge in [0.1, 0.15) is 12.1 Å². The van der Waals surface area contributed by atoms with Gasteiger partial charge in [-0.15, -0.1) is 0 Å². The number of nitrogens with one attached hydrogen (secondary N) is 3. The molecule has 3 aromatic rings. The van der Waals surface area contributed by atoms with Crippen LogP contribution in [0.4, 0.5) is 10.1 Å². The first-order valence-corrected chi connectivity index (χ1v) is 10.7. The van der Waals surface area contributed by atoms with Gasteiger partial charge in [-0.2, -0.15) is 0 Å². The number of fused-ring (bicyclic) bond motifs is 1. The maximum absolute atomic E-state index is 13.1. The van der Waals surface area contributed by atoms with Crippen LogP contribution >= 0.6 is 0 Å². The van der Waals surface area contributed by atoms with Crippen LogP contribution in [0.2, 0.25) is 0 Å². The summed E-state index contributed by atoms with van der Waals surface area (Å²) in [6, 6.07) is 13.9. The zero-order chi connectivity index (χ0) is 22.3. The molecule has 2 heterocycles. The van der Waals surface area contributed by atoms with Crippen molar-refractivity contribution in [2.24, 2.45) is 4.99 Å². The summed E-state index contributed by atoms with van der Waals surface area (Å²) >= 11 is 0. The summed E-state index contributed by atoms with van der Waals surface area (Å²) < 4.78 is 18.6. The monoisotopic (exact) mass is 435 g/mol. The second-order valence-electron chi connectivity index (χ2n) is 7.58. The first-order valence-electron chi connectivity index (χ1n) is 10.7. The third-order valence-corrected chi connectivity index (χ3v) is 5.24. The molecule has 1 unspecified atom stereocenters. The van der Waals surface area contributed by atoms with Crippen LogP contribution in [0.5, 0.6) is 0 Å². The first-order chi connectivity index (χ1) is 15.6. The molecule has 3 N–H and O–H groups in total. The number of benzene rings is 2. The van der Waals surface area contributed by atoms with Crippen molar-refractivity contribution in [2.45, 2.75) is 25.7 Å². The van der Waals surface area contributed by atoms with Gasteiger partial charge in [-0.05, 0) is 42.8 Å². The van der Waals surface area contributed by atoms with Crippen LogP contribution in [0, 0.1) is 5.82 Å². The number of hydrogen-bond donors (Lipinski definition) is 3. The molecule has 1 aromatic heterocycles. The molecule has 1 aliphatic heterocycles. The van der Waals surface area contributed by atoms with Crippen LogP contribution < -0.4 is 16.0 Å². The van der Waals surface area contributed by atoms with Gasteiger partial charge in [-0.25, -0.2) is 9.37 Å². The zero-order valence-electron chi connectivity index (χ0n) is 17.9. The highest BCUT2D eigenvalue weighted by atomic mass is 19.1. The van der Waals surface area contributed by atoms with E-state index in [1.807, 2.05) is 31.2 Å². The number of guanidine groups is 1. The molecule has 166 valence electrons. The van der Waals surface area contributed by atoms with Gasteiger partial charge >= 0.3 is 0 Å². The Morgan fingerprint density at radius 1 is 1.22 bits per heavy atom. The van der Waals surface area contributed by atoms with E-state index in [0.717, 1.165) is 29.1 Å². The van der Waals surface area contributed by atoms with Crippen molar-refractivity contribution < 1.29 is 13.6 Å². The Morgan fingerprint density at radius 3 is 2.84 bits per heavy atom. The Hall–Kier alpha value is -3.68. The third kappa shape index (κ3) is 5.32. The molecule has 0 radical (unpaired) electrons. The van der Waals surface area contributed by atoms with Crippen molar-refractivity contribution >= 4 is 17.6 Å². The number of carbonyl (C=O) groups excluding carboxylic acids is 1. The highest BCUT2D eigenvalue weighted by Gasteiger charge is 2.24. The van der Waals surface area contributed by atoms with Crippen LogP contribution in [0.3, 0.4) is 0 Å². The van der Waals surface area contributed by atoms with Gasteiger partial charge in [0.05, 0.1) is 12.2 Å². The zero-order valence-corrected chi connectivity index (χ0v) is 17.9. The molecule has 4 rings (SSSR count). The summed E-state index contributed by atoms with van der Waals surface area (Å²) in [6.07, 6.45) is 2.68. The number of para-hydroxylation sites is 1. The molecular formula is C24H26FN5O2. The fourth-order valence-corrected chi connectivity index (χ4v) is 3.66. The van der Waals surface area contributed by atoms with Gasteiger partial charge in [0, 0.05) is 43.1 Å². The van der Waals surface area contributed by atoms with E-state index in [0.29, 0.717) is 37.8 Å². The number of nitrogens with zero attached hydrogens (tertiary/aromatic N) is 2. The molecule has 1 atom stereocenters. The van der Waals surface area contributed by atoms with Crippen LogP contribution in [-0.2, 0) is 11.2 Å². The van der Waals surface area contributed by atoms with E-state index in [4.69, 9.17) is 9.41 Å². The summed E-state index contributed by atoms with van der Waals surface area (Å²) in [5, 5.41) is 9.47. The molecule has 0 aliphatic carbocycles. The number of oxazole rings is 1. The predicted octanol–water partition coefficient (Wildman–Crippen LogP) is 3.70. The van der Waals surface area contributed by atoms with E-state index in [1.165, 1.54) is 12.1 Å². The Kier molecular flexibility index (Phi) is 6.79. The van der Waals surface area contributed by atoms with Crippen molar-refractivity contribution in [3.63, 3.8) is 0 Å². The lowest BCUT2D eigenvalue weighted by molar-refractivity contribution is -0.116. The first kappa shape index (κ1) is 21.5. The van der Waals surface area contributed by atoms with E-state index in [2.05, 4.69) is 20.9 Å². The molecule has 7 nitrogen and oxygen atoms in total. The van der Waals surface area contributed by atoms with E-state index in [9.17, 15) is 9.18 Å². The second-order valence-corrected chi connectivity index (χ2v) is 7.58. The molecule has 8 heteroatoms. The third-order valence-electron chi connectivity index (χ3n) is 5.24. The quantitative estimate of drug-likeness (QED) is 0.389. The van der Waals surface area contributed by atoms with Gasteiger partial charge in [0.15, 0.2) is 5.96 Å². The molecule has 32 heavy (non-hydrogen) atoms. The number of carbonyl (C=O) groups is 1. The molecule has 0 bridgehead atoms. The van der Waals surface area contributed by atoms with Gasteiger partial charge in [-0.1, -0.05) is 18.2 Å². The molecule has 0 saturated heterocycles. The maximum Gasteiger partial charge on any atom is 0.226 e. The maximum atomic E-state index is 13.1. The summed E-state index contributed by atoms with van der Waals surface area (Å²) in [5.74, 6) is 0.930. The summed E-state index contributed by atoms with van der Waals surface area (Å²) in [5.41, 5.74) is 3.51. The summed E-state index contributed by atoms with van der Waals surface area (Å²) in [4.78, 5) is 21.2. The number of aromatic nitrogens is 1. The van der Waals surface area contributed by atoms with Crippen molar-refractivity contribution in [1.29, 1.82) is 0 Å². The summed E-state index contributed by atoms with van der Waals surface area (Å²) in [6.45, 7) is 3.86. The van der Waals surface area contributed by atoms with Gasteiger partial charge in [0.25, 0.3) is 0 Å². The standard InChI is InChI=1S/C24H26FN5O2/c1-2-26-24(28-14-17-13-22(31)30-21-6-4-3-5-20(17)21)27-12-11-19-15-32-23(29-19)16-7-9-18(25)10-8-16/h3-10,15,17H,2,11-14H2,1H3,(H,30,31)(H2,26,27,28). The number of amides is 1. The van der Waals surface area contributed by atoms with Crippen LogP contribution in [0.15, 0.2) is 64.2 Å². The fourth-order valence-electron chi connectivity index (χ4n) is 3.66. The van der Waals surface area contributed by atoms with Crippen molar-refractivity contribution in [2.75, 3.05) is 25.0 Å². The highest BCUT2D eigenvalue weighted by Crippen LogP contribution is 2.32.